The molecule has 1 N–H and O–H groups in total. The Balaban J connectivity index is 2.95. The zero-order valence-corrected chi connectivity index (χ0v) is 9.99. The Morgan fingerprint density at radius 2 is 2.29 bits per heavy atom. The molecule has 1 rings (SSSR count). The minimum absolute atomic E-state index is 0.0117. The fraction of sp³-hybridized carbons (Fsp3) is 0.300. The number of rotatable bonds is 5. The standard InChI is InChI=1S/C10H11N3O3S/c1-17(16)6-5-12-9-4-2-3-8(7-11)10(9)13(14)15/h2-4,12H,5-6H2,1H3. The summed E-state index contributed by atoms with van der Waals surface area (Å²) in [5, 5.41) is 22.4. The molecule has 0 saturated carbocycles. The summed E-state index contributed by atoms with van der Waals surface area (Å²) in [7, 11) is -0.961. The van der Waals surface area contributed by atoms with Gasteiger partial charge in [0.25, 0.3) is 0 Å². The molecule has 0 heterocycles. The average Bonchev–Trinajstić information content (AvgIpc) is 2.27. The summed E-state index contributed by atoms with van der Waals surface area (Å²) in [6.45, 7) is 0.360. The lowest BCUT2D eigenvalue weighted by molar-refractivity contribution is -0.384. The van der Waals surface area contributed by atoms with Gasteiger partial charge in [0.05, 0.1) is 4.92 Å². The Labute approximate surface area is 101 Å². The van der Waals surface area contributed by atoms with Crippen molar-refractivity contribution >= 4 is 22.2 Å². The molecule has 0 saturated heterocycles. The highest BCUT2D eigenvalue weighted by Gasteiger charge is 2.18. The second kappa shape index (κ2) is 5.96. The first-order valence-corrected chi connectivity index (χ1v) is 6.50. The van der Waals surface area contributed by atoms with Crippen LogP contribution >= 0.6 is 0 Å². The highest BCUT2D eigenvalue weighted by atomic mass is 32.2. The molecular formula is C10H11N3O3S. The third-order valence-electron chi connectivity index (χ3n) is 2.04. The van der Waals surface area contributed by atoms with Crippen molar-refractivity contribution < 1.29 is 9.13 Å². The summed E-state index contributed by atoms with van der Waals surface area (Å²) >= 11 is 0. The molecule has 17 heavy (non-hydrogen) atoms. The highest BCUT2D eigenvalue weighted by Crippen LogP contribution is 2.27. The lowest BCUT2D eigenvalue weighted by Gasteiger charge is -2.06. The predicted octanol–water partition coefficient (Wildman–Crippen LogP) is 1.26. The number of para-hydroxylation sites is 1. The van der Waals surface area contributed by atoms with Crippen molar-refractivity contribution in [3.63, 3.8) is 0 Å². The van der Waals surface area contributed by atoms with Crippen molar-refractivity contribution in [3.8, 4) is 6.07 Å². The molecular weight excluding hydrogens is 242 g/mol. The van der Waals surface area contributed by atoms with Crippen molar-refractivity contribution in [1.82, 2.24) is 0 Å². The van der Waals surface area contributed by atoms with Crippen molar-refractivity contribution in [3.05, 3.63) is 33.9 Å². The second-order valence-corrected chi connectivity index (χ2v) is 4.83. The maximum atomic E-state index is 10.9. The van der Waals surface area contributed by atoms with E-state index >= 15 is 0 Å². The molecule has 0 radical (unpaired) electrons. The van der Waals surface area contributed by atoms with Crippen molar-refractivity contribution in [2.75, 3.05) is 23.9 Å². The summed E-state index contributed by atoms with van der Waals surface area (Å²) in [5.74, 6) is 0.397. The van der Waals surface area contributed by atoms with Crippen LogP contribution in [-0.4, -0.2) is 27.7 Å². The maximum Gasteiger partial charge on any atom is 0.309 e. The van der Waals surface area contributed by atoms with Crippen LogP contribution in [0.1, 0.15) is 5.56 Å². The number of nitro benzene ring substituents is 1. The van der Waals surface area contributed by atoms with Gasteiger partial charge in [-0.25, -0.2) is 0 Å². The van der Waals surface area contributed by atoms with Crippen molar-refractivity contribution in [1.29, 1.82) is 5.26 Å². The first-order valence-electron chi connectivity index (χ1n) is 4.77. The largest absolute Gasteiger partial charge is 0.379 e. The zero-order valence-electron chi connectivity index (χ0n) is 9.17. The Morgan fingerprint density at radius 1 is 1.59 bits per heavy atom. The summed E-state index contributed by atoms with van der Waals surface area (Å²) in [6.07, 6.45) is 1.56. The van der Waals surface area contributed by atoms with Gasteiger partial charge in [-0.2, -0.15) is 5.26 Å². The summed E-state index contributed by atoms with van der Waals surface area (Å²) in [6, 6.07) is 6.26. The Bertz CT molecular complexity index is 496. The van der Waals surface area contributed by atoms with Crippen LogP contribution in [0.5, 0.6) is 0 Å². The van der Waals surface area contributed by atoms with Crippen LogP contribution in [0.25, 0.3) is 0 Å². The van der Waals surface area contributed by atoms with E-state index in [1.807, 2.05) is 0 Å². The van der Waals surface area contributed by atoms with E-state index in [4.69, 9.17) is 5.26 Å². The smallest absolute Gasteiger partial charge is 0.309 e. The number of nitrogens with zero attached hydrogens (tertiary/aromatic N) is 2. The molecule has 1 aromatic rings. The number of nitro groups is 1. The molecule has 7 heteroatoms. The van der Waals surface area contributed by atoms with Crippen molar-refractivity contribution in [2.24, 2.45) is 0 Å². The first kappa shape index (κ1) is 13.1. The fourth-order valence-corrected chi connectivity index (χ4v) is 1.69. The molecule has 0 aliphatic heterocycles. The van der Waals surface area contributed by atoms with E-state index in [1.54, 1.807) is 18.4 Å². The second-order valence-electron chi connectivity index (χ2n) is 3.27. The van der Waals surface area contributed by atoms with Crippen LogP contribution in [0.4, 0.5) is 11.4 Å². The first-order chi connectivity index (χ1) is 8.06. The summed E-state index contributed by atoms with van der Waals surface area (Å²) in [4.78, 5) is 10.3. The van der Waals surface area contributed by atoms with Gasteiger partial charge in [-0.05, 0) is 12.1 Å². The third kappa shape index (κ3) is 3.53. The number of nitriles is 1. The Kier molecular flexibility index (Phi) is 4.60. The normalized spacial score (nSPS) is 11.5. The van der Waals surface area contributed by atoms with Gasteiger partial charge in [0, 0.05) is 29.4 Å². The highest BCUT2D eigenvalue weighted by molar-refractivity contribution is 7.84. The molecule has 0 aliphatic carbocycles. The molecule has 0 aromatic heterocycles. The molecule has 0 aliphatic rings. The van der Waals surface area contributed by atoms with E-state index in [1.165, 1.54) is 12.1 Å². The van der Waals surface area contributed by atoms with Crippen LogP contribution in [0.15, 0.2) is 18.2 Å². The van der Waals surface area contributed by atoms with Gasteiger partial charge in [0.2, 0.25) is 0 Å². The van der Waals surface area contributed by atoms with E-state index in [-0.39, 0.29) is 16.9 Å². The number of anilines is 1. The quantitative estimate of drug-likeness (QED) is 0.629. The molecule has 0 bridgehead atoms. The predicted molar refractivity (Wildman–Crippen MR) is 65.2 cm³/mol. The molecule has 6 nitrogen and oxygen atoms in total. The number of nitrogens with one attached hydrogen (secondary N) is 1. The summed E-state index contributed by atoms with van der Waals surface area (Å²) < 4.78 is 10.9. The van der Waals surface area contributed by atoms with Gasteiger partial charge in [0.1, 0.15) is 17.3 Å². The van der Waals surface area contributed by atoms with E-state index in [9.17, 15) is 14.3 Å². The molecule has 0 fully saturated rings. The number of benzene rings is 1. The number of hydrogen-bond donors (Lipinski definition) is 1. The topological polar surface area (TPSA) is 96.0 Å². The van der Waals surface area contributed by atoms with E-state index in [2.05, 4.69) is 5.32 Å². The average molecular weight is 253 g/mol. The van der Waals surface area contributed by atoms with Gasteiger partial charge in [-0.1, -0.05) is 6.07 Å². The lowest BCUT2D eigenvalue weighted by Crippen LogP contribution is -2.11. The van der Waals surface area contributed by atoms with E-state index in [0.717, 1.165) is 0 Å². The molecule has 90 valence electrons. The molecule has 1 aromatic carbocycles. The molecule has 0 amide bonds. The van der Waals surface area contributed by atoms with Gasteiger partial charge in [0.15, 0.2) is 0 Å². The van der Waals surface area contributed by atoms with Gasteiger partial charge >= 0.3 is 5.69 Å². The Morgan fingerprint density at radius 3 is 2.82 bits per heavy atom. The minimum atomic E-state index is -0.961. The minimum Gasteiger partial charge on any atom is -0.379 e. The summed E-state index contributed by atoms with van der Waals surface area (Å²) in [5.41, 5.74) is 0.0500. The van der Waals surface area contributed by atoms with Crippen LogP contribution in [0, 0.1) is 21.4 Å². The van der Waals surface area contributed by atoms with Crippen LogP contribution in [0.3, 0.4) is 0 Å². The number of hydrogen-bond acceptors (Lipinski definition) is 5. The molecule has 1 atom stereocenters. The molecule has 1 unspecified atom stereocenters. The molecule has 0 spiro atoms. The Hall–Kier alpha value is -1.94. The van der Waals surface area contributed by atoms with Crippen LogP contribution in [0.2, 0.25) is 0 Å². The van der Waals surface area contributed by atoms with Crippen molar-refractivity contribution in [2.45, 2.75) is 0 Å². The monoisotopic (exact) mass is 253 g/mol. The zero-order chi connectivity index (χ0) is 12.8. The fourth-order valence-electron chi connectivity index (χ4n) is 1.30. The lowest BCUT2D eigenvalue weighted by atomic mass is 10.1. The van der Waals surface area contributed by atoms with E-state index in [0.29, 0.717) is 12.3 Å². The SMILES string of the molecule is CS(=O)CCNc1cccc(C#N)c1[N+](=O)[O-]. The van der Waals surface area contributed by atoms with Gasteiger partial charge < -0.3 is 5.32 Å². The van der Waals surface area contributed by atoms with Crippen LogP contribution in [-0.2, 0) is 10.8 Å². The van der Waals surface area contributed by atoms with Gasteiger partial charge in [-0.15, -0.1) is 0 Å². The van der Waals surface area contributed by atoms with E-state index < -0.39 is 15.7 Å². The maximum absolute atomic E-state index is 10.9. The van der Waals surface area contributed by atoms with Gasteiger partial charge in [-0.3, -0.25) is 14.3 Å². The third-order valence-corrected chi connectivity index (χ3v) is 2.82. The van der Waals surface area contributed by atoms with Crippen LogP contribution < -0.4 is 5.32 Å².